The molecule has 0 bridgehead atoms. The van der Waals surface area contributed by atoms with E-state index in [1.165, 1.54) is 0 Å². The summed E-state index contributed by atoms with van der Waals surface area (Å²) in [6, 6.07) is 7.32. The van der Waals surface area contributed by atoms with Crippen molar-refractivity contribution in [2.75, 3.05) is 5.32 Å². The van der Waals surface area contributed by atoms with Crippen molar-refractivity contribution in [3.8, 4) is 5.69 Å². The fourth-order valence-corrected chi connectivity index (χ4v) is 1.95. The van der Waals surface area contributed by atoms with Gasteiger partial charge in [-0.15, -0.1) is 0 Å². The molecule has 2 aromatic rings. The number of benzene rings is 1. The maximum absolute atomic E-state index is 11.0. The average Bonchev–Trinajstić information content (AvgIpc) is 2.77. The quantitative estimate of drug-likeness (QED) is 0.906. The number of hydrogen-bond acceptors (Lipinski definition) is 3. The summed E-state index contributed by atoms with van der Waals surface area (Å²) < 4.78 is 2.67. The molecule has 0 aliphatic carbocycles. The molecule has 0 aliphatic rings. The van der Waals surface area contributed by atoms with Crippen LogP contribution in [0.15, 0.2) is 41.1 Å². The second-order valence-corrected chi connectivity index (χ2v) is 4.75. The molecule has 1 heterocycles. The predicted octanol–water partition coefficient (Wildman–Crippen LogP) is 1.92. The van der Waals surface area contributed by atoms with Crippen LogP contribution in [0.4, 0.5) is 5.69 Å². The Morgan fingerprint density at radius 1 is 1.50 bits per heavy atom. The predicted molar refractivity (Wildman–Crippen MR) is 73.5 cm³/mol. The Morgan fingerprint density at radius 2 is 2.22 bits per heavy atom. The Bertz CT molecular complexity index is 567. The fraction of sp³-hybridized carbons (Fsp3) is 0.167. The summed E-state index contributed by atoms with van der Waals surface area (Å²) >= 11 is 3.46. The van der Waals surface area contributed by atoms with E-state index in [1.54, 1.807) is 24.0 Å². The van der Waals surface area contributed by atoms with Crippen molar-refractivity contribution in [3.05, 3.63) is 41.1 Å². The third-order valence-electron chi connectivity index (χ3n) is 2.49. The van der Waals surface area contributed by atoms with E-state index in [4.69, 9.17) is 5.73 Å². The first-order valence-corrected chi connectivity index (χ1v) is 6.22. The van der Waals surface area contributed by atoms with E-state index in [9.17, 15) is 4.79 Å². The summed E-state index contributed by atoms with van der Waals surface area (Å²) in [5, 5.41) is 7.21. The lowest BCUT2D eigenvalue weighted by Crippen LogP contribution is -2.32. The molecule has 1 amide bonds. The maximum Gasteiger partial charge on any atom is 0.239 e. The van der Waals surface area contributed by atoms with Crippen LogP contribution in [0.2, 0.25) is 0 Å². The number of aromatic nitrogens is 2. The van der Waals surface area contributed by atoms with Crippen LogP contribution < -0.4 is 11.1 Å². The third-order valence-corrected chi connectivity index (χ3v) is 3.16. The van der Waals surface area contributed by atoms with Crippen LogP contribution >= 0.6 is 15.9 Å². The first-order chi connectivity index (χ1) is 8.58. The number of hydrogen-bond donors (Lipinski definition) is 2. The molecule has 94 valence electrons. The first kappa shape index (κ1) is 12.6. The van der Waals surface area contributed by atoms with E-state index in [-0.39, 0.29) is 0 Å². The minimum Gasteiger partial charge on any atom is -0.371 e. The van der Waals surface area contributed by atoms with Crippen molar-refractivity contribution >= 4 is 27.5 Å². The second kappa shape index (κ2) is 5.22. The number of halogens is 1. The molecule has 6 heteroatoms. The lowest BCUT2D eigenvalue weighted by Gasteiger charge is -2.08. The highest BCUT2D eigenvalue weighted by atomic mass is 79.9. The molecule has 0 fully saturated rings. The number of nitrogens with two attached hydrogens (primary N) is 1. The van der Waals surface area contributed by atoms with E-state index in [0.717, 1.165) is 15.8 Å². The van der Waals surface area contributed by atoms with Gasteiger partial charge in [-0.2, -0.15) is 5.10 Å². The number of carbonyl (C=O) groups excluding carboxylic acids is 1. The molecule has 2 rings (SSSR count). The number of primary amides is 1. The second-order valence-electron chi connectivity index (χ2n) is 3.89. The molecule has 1 unspecified atom stereocenters. The van der Waals surface area contributed by atoms with Gasteiger partial charge in [-0.3, -0.25) is 4.79 Å². The highest BCUT2D eigenvalue weighted by Gasteiger charge is 2.10. The Hall–Kier alpha value is -1.82. The average molecular weight is 309 g/mol. The van der Waals surface area contributed by atoms with Gasteiger partial charge in [-0.25, -0.2) is 4.68 Å². The molecule has 18 heavy (non-hydrogen) atoms. The van der Waals surface area contributed by atoms with Crippen LogP contribution in [-0.2, 0) is 4.79 Å². The number of amides is 1. The summed E-state index contributed by atoms with van der Waals surface area (Å²) in [6.07, 6.45) is 3.46. The van der Waals surface area contributed by atoms with Crippen LogP contribution in [0.25, 0.3) is 5.69 Å². The van der Waals surface area contributed by atoms with E-state index < -0.39 is 11.9 Å². The van der Waals surface area contributed by atoms with Gasteiger partial charge in [0.2, 0.25) is 5.91 Å². The molecule has 1 aromatic heterocycles. The number of nitrogens with zero attached hydrogens (tertiary/aromatic N) is 2. The van der Waals surface area contributed by atoms with Crippen LogP contribution in [0.1, 0.15) is 6.92 Å². The first-order valence-electron chi connectivity index (χ1n) is 5.43. The van der Waals surface area contributed by atoms with Gasteiger partial charge in [0.05, 0.1) is 23.8 Å². The highest BCUT2D eigenvalue weighted by Crippen LogP contribution is 2.21. The number of rotatable bonds is 4. The molecule has 0 spiro atoms. The number of para-hydroxylation sites is 1. The molecule has 0 radical (unpaired) electrons. The van der Waals surface area contributed by atoms with Crippen LogP contribution in [-0.4, -0.2) is 21.7 Å². The van der Waals surface area contributed by atoms with Gasteiger partial charge in [0.1, 0.15) is 6.04 Å². The molecule has 0 saturated heterocycles. The van der Waals surface area contributed by atoms with Gasteiger partial charge in [-0.1, -0.05) is 12.1 Å². The van der Waals surface area contributed by atoms with Crippen LogP contribution in [0, 0.1) is 0 Å². The summed E-state index contributed by atoms with van der Waals surface area (Å²) in [5.41, 5.74) is 6.87. The smallest absolute Gasteiger partial charge is 0.239 e. The number of nitrogens with one attached hydrogen (secondary N) is 1. The van der Waals surface area contributed by atoms with E-state index in [1.807, 2.05) is 24.3 Å². The Kier molecular flexibility index (Phi) is 3.66. The zero-order valence-corrected chi connectivity index (χ0v) is 11.4. The summed E-state index contributed by atoms with van der Waals surface area (Å²) in [4.78, 5) is 11.0. The van der Waals surface area contributed by atoms with Crippen molar-refractivity contribution in [2.45, 2.75) is 13.0 Å². The van der Waals surface area contributed by atoms with Gasteiger partial charge in [0.25, 0.3) is 0 Å². The molecule has 0 saturated carbocycles. The van der Waals surface area contributed by atoms with Crippen molar-refractivity contribution < 1.29 is 4.79 Å². The van der Waals surface area contributed by atoms with Gasteiger partial charge >= 0.3 is 0 Å². The van der Waals surface area contributed by atoms with Crippen molar-refractivity contribution in [3.63, 3.8) is 0 Å². The monoisotopic (exact) mass is 308 g/mol. The van der Waals surface area contributed by atoms with E-state index >= 15 is 0 Å². The van der Waals surface area contributed by atoms with E-state index in [0.29, 0.717) is 0 Å². The lowest BCUT2D eigenvalue weighted by atomic mass is 10.3. The zero-order chi connectivity index (χ0) is 13.1. The largest absolute Gasteiger partial charge is 0.371 e. The third kappa shape index (κ3) is 2.70. The molecular weight excluding hydrogens is 296 g/mol. The van der Waals surface area contributed by atoms with Crippen molar-refractivity contribution in [2.24, 2.45) is 5.73 Å². The minimum absolute atomic E-state index is 0.399. The maximum atomic E-state index is 11.0. The van der Waals surface area contributed by atoms with Gasteiger partial charge < -0.3 is 11.1 Å². The van der Waals surface area contributed by atoms with Gasteiger partial charge in [0.15, 0.2) is 0 Å². The summed E-state index contributed by atoms with van der Waals surface area (Å²) in [7, 11) is 0. The molecular formula is C12H13BrN4O. The topological polar surface area (TPSA) is 72.9 Å². The molecule has 3 N–H and O–H groups in total. The summed E-state index contributed by atoms with van der Waals surface area (Å²) in [5.74, 6) is -0.399. The zero-order valence-electron chi connectivity index (χ0n) is 9.80. The minimum atomic E-state index is -0.429. The molecule has 1 atom stereocenters. The lowest BCUT2D eigenvalue weighted by molar-refractivity contribution is -0.118. The number of anilines is 1. The van der Waals surface area contributed by atoms with E-state index in [2.05, 4.69) is 26.3 Å². The molecule has 1 aromatic carbocycles. The van der Waals surface area contributed by atoms with Crippen LogP contribution in [0.3, 0.4) is 0 Å². The highest BCUT2D eigenvalue weighted by molar-refractivity contribution is 9.10. The van der Waals surface area contributed by atoms with Crippen molar-refractivity contribution in [1.82, 2.24) is 9.78 Å². The molecule has 0 aliphatic heterocycles. The molecule has 5 nitrogen and oxygen atoms in total. The fourth-order valence-electron chi connectivity index (χ4n) is 1.49. The van der Waals surface area contributed by atoms with Crippen LogP contribution in [0.5, 0.6) is 0 Å². The Balaban J connectivity index is 2.21. The Morgan fingerprint density at radius 3 is 2.89 bits per heavy atom. The van der Waals surface area contributed by atoms with Gasteiger partial charge in [-0.05, 0) is 35.0 Å². The normalized spacial score (nSPS) is 12.1. The van der Waals surface area contributed by atoms with Crippen molar-refractivity contribution in [1.29, 1.82) is 0 Å². The Labute approximate surface area is 113 Å². The summed E-state index contributed by atoms with van der Waals surface area (Å²) in [6.45, 7) is 1.71. The standard InChI is InChI=1S/C12H13BrN4O/c1-8(12(14)18)16-9-6-15-17(7-9)11-5-3-2-4-10(11)13/h2-8,16H,1H3,(H2,14,18). The number of carbonyl (C=O) groups is 1. The van der Waals surface area contributed by atoms with Gasteiger partial charge in [0, 0.05) is 4.47 Å². The SMILES string of the molecule is CC(Nc1cnn(-c2ccccc2Br)c1)C(N)=O.